The molecule has 36 heavy (non-hydrogen) atoms. The summed E-state index contributed by atoms with van der Waals surface area (Å²) in [6.45, 7) is 13.7. The number of hydrogen-bond acceptors (Lipinski definition) is 9. The summed E-state index contributed by atoms with van der Waals surface area (Å²) in [4.78, 5) is 0. The lowest BCUT2D eigenvalue weighted by atomic mass is 9.87. The maximum Gasteiger partial charge on any atom is 0.161 e. The number of hydrogen-bond donors (Lipinski definition) is 7. The van der Waals surface area contributed by atoms with Gasteiger partial charge in [0.2, 0.25) is 0 Å². The highest BCUT2D eigenvalue weighted by molar-refractivity contribution is 6.36. The van der Waals surface area contributed by atoms with E-state index in [9.17, 15) is 15.3 Å². The molecule has 2 atom stereocenters. The number of phenolic OH excluding ortho intramolecular Hbond substituents is 2. The molecule has 2 radical (unpaired) electrons. The first-order valence-corrected chi connectivity index (χ1v) is 11.5. The topological polar surface area (TPSA) is 163 Å². The Labute approximate surface area is 217 Å². The molecule has 9 nitrogen and oxygen atoms in total. The number of nitrogens with two attached hydrogens (primary N) is 2. The molecule has 0 spiro atoms. The second kappa shape index (κ2) is 18.4. The summed E-state index contributed by atoms with van der Waals surface area (Å²) in [6, 6.07) is 7.32. The molecule has 0 aromatic heterocycles. The third-order valence-electron chi connectivity index (χ3n) is 5.18. The van der Waals surface area contributed by atoms with Gasteiger partial charge in [-0.2, -0.15) is 0 Å². The summed E-state index contributed by atoms with van der Waals surface area (Å²) in [5.41, 5.74) is 11.8. The molecule has 9 N–H and O–H groups in total. The lowest BCUT2D eigenvalue weighted by molar-refractivity contribution is -0.000904. The van der Waals surface area contributed by atoms with Gasteiger partial charge in [0.15, 0.2) is 23.0 Å². The van der Waals surface area contributed by atoms with Gasteiger partial charge >= 0.3 is 0 Å². The van der Waals surface area contributed by atoms with E-state index in [0.717, 1.165) is 11.3 Å². The third kappa shape index (κ3) is 11.2. The number of nitrogens with one attached hydrogen (secondary N) is 1. The molecule has 10 heteroatoms. The molecule has 202 valence electrons. The van der Waals surface area contributed by atoms with Crippen molar-refractivity contribution in [2.24, 2.45) is 11.5 Å². The van der Waals surface area contributed by atoms with E-state index in [-0.39, 0.29) is 36.2 Å². The number of para-hydroxylation sites is 2. The number of aliphatic hydroxyl groups is 2. The van der Waals surface area contributed by atoms with E-state index in [0.29, 0.717) is 30.0 Å². The molecule has 2 aromatic rings. The maximum absolute atomic E-state index is 9.96. The Hall–Kier alpha value is -2.92. The fourth-order valence-electron chi connectivity index (χ4n) is 2.65. The lowest BCUT2D eigenvalue weighted by Gasteiger charge is -2.25. The van der Waals surface area contributed by atoms with Crippen LogP contribution in [0.2, 0.25) is 0 Å². The molecule has 2 aromatic carbocycles. The Morgan fingerprint density at radius 2 is 1.58 bits per heavy atom. The summed E-state index contributed by atoms with van der Waals surface area (Å²) in [5, 5.41) is 40.0. The van der Waals surface area contributed by atoms with Gasteiger partial charge in [-0.3, -0.25) is 0 Å². The molecule has 0 saturated carbocycles. The molecule has 0 aliphatic heterocycles. The minimum Gasteiger partial charge on any atom is -0.505 e. The monoisotopic (exact) mass is 505 g/mol. The van der Waals surface area contributed by atoms with Crippen LogP contribution in [0.5, 0.6) is 23.0 Å². The first-order valence-electron chi connectivity index (χ1n) is 11.5. The summed E-state index contributed by atoms with van der Waals surface area (Å²) >= 11 is 0. The van der Waals surface area contributed by atoms with Gasteiger partial charge < -0.3 is 46.7 Å². The van der Waals surface area contributed by atoms with Gasteiger partial charge in [0.05, 0.1) is 13.2 Å². The van der Waals surface area contributed by atoms with E-state index < -0.39 is 5.60 Å². The average Bonchev–Trinajstić information content (AvgIpc) is 2.91. The van der Waals surface area contributed by atoms with Crippen molar-refractivity contribution in [3.05, 3.63) is 48.6 Å². The van der Waals surface area contributed by atoms with E-state index in [1.807, 2.05) is 25.1 Å². The quantitative estimate of drug-likeness (QED) is 0.123. The minimum absolute atomic E-state index is 0.160. The molecule has 2 unspecified atom stereocenters. The highest BCUT2D eigenvalue weighted by atomic mass is 16.5. The largest absolute Gasteiger partial charge is 0.505 e. The van der Waals surface area contributed by atoms with E-state index in [4.69, 9.17) is 33.9 Å². The van der Waals surface area contributed by atoms with Crippen molar-refractivity contribution in [1.29, 1.82) is 0 Å². The van der Waals surface area contributed by atoms with Crippen molar-refractivity contribution in [3.8, 4) is 23.0 Å². The minimum atomic E-state index is -0.971. The molecule has 0 bridgehead atoms. The van der Waals surface area contributed by atoms with Crippen molar-refractivity contribution in [2.45, 2.75) is 45.8 Å². The number of ether oxygens (including phenoxy) is 2. The highest BCUT2D eigenvalue weighted by Gasteiger charge is 2.24. The first-order chi connectivity index (χ1) is 16.9. The predicted molar refractivity (Wildman–Crippen MR) is 149 cm³/mol. The number of benzene rings is 2. The van der Waals surface area contributed by atoms with Crippen LogP contribution in [-0.2, 0) is 0 Å². The highest BCUT2D eigenvalue weighted by Crippen LogP contribution is 2.33. The van der Waals surface area contributed by atoms with Crippen molar-refractivity contribution < 1.29 is 29.9 Å². The Morgan fingerprint density at radius 1 is 1.08 bits per heavy atom. The second-order valence-corrected chi connectivity index (χ2v) is 7.79. The Kier molecular flexibility index (Phi) is 18.0. The van der Waals surface area contributed by atoms with Crippen molar-refractivity contribution >= 4 is 19.0 Å². The van der Waals surface area contributed by atoms with Crippen molar-refractivity contribution in [1.82, 2.24) is 0 Å². The van der Waals surface area contributed by atoms with Crippen LogP contribution in [0.3, 0.4) is 0 Å². The summed E-state index contributed by atoms with van der Waals surface area (Å²) in [7, 11) is 8.90. The fourth-order valence-corrected chi connectivity index (χ4v) is 2.65. The molecule has 0 heterocycles. The number of anilines is 1. The first kappa shape index (κ1) is 35.2. The maximum atomic E-state index is 9.96. The van der Waals surface area contributed by atoms with Crippen LogP contribution in [0, 0.1) is 13.8 Å². The SMILES string of the molecule is C=C.CC(O)CN.CCC(O)(CN)COc1ccccc1OC.[B]c1c(C)c(NC)c(C)c(O)c1O. The molecular weight excluding hydrogens is 461 g/mol. The zero-order valence-corrected chi connectivity index (χ0v) is 22.5. The number of methoxy groups -OCH3 is 1. The number of aromatic hydroxyl groups is 2. The average molecular weight is 505 g/mol. The Balaban J connectivity index is 0. The van der Waals surface area contributed by atoms with E-state index >= 15 is 0 Å². The van der Waals surface area contributed by atoms with Gasteiger partial charge in [-0.1, -0.05) is 19.1 Å². The van der Waals surface area contributed by atoms with Crippen molar-refractivity contribution in [2.75, 3.05) is 39.2 Å². The zero-order valence-electron chi connectivity index (χ0n) is 22.5. The second-order valence-electron chi connectivity index (χ2n) is 7.79. The van der Waals surface area contributed by atoms with Gasteiger partial charge in [-0.05, 0) is 50.4 Å². The number of aliphatic hydroxyl groups excluding tert-OH is 1. The molecule has 0 saturated heterocycles. The molecule has 0 amide bonds. The Morgan fingerprint density at radius 3 is 1.97 bits per heavy atom. The fraction of sp³-hybridized carbons (Fsp3) is 0.462. The standard InChI is InChI=1S/C12H19NO3.C9H12BNO2.C3H9NO.C2H4/c1-3-12(14,8-13)9-16-11-7-5-4-6-10(11)15-2;1-4-6(10)9(13)8(12)5(2)7(4)11-3;1-3(5)2-4;1-2/h4-7,14H,3,8-9,13H2,1-2H3;11-13H,1-3H3;3,5H,2,4H2,1H3;1-2H2. The molecule has 0 aliphatic carbocycles. The van der Waals surface area contributed by atoms with Crippen LogP contribution in [0.25, 0.3) is 0 Å². The number of phenols is 2. The van der Waals surface area contributed by atoms with Crippen LogP contribution in [-0.4, -0.2) is 73.8 Å². The van der Waals surface area contributed by atoms with Gasteiger partial charge in [-0.25, -0.2) is 0 Å². The summed E-state index contributed by atoms with van der Waals surface area (Å²) in [6.07, 6.45) is 0.216. The lowest BCUT2D eigenvalue weighted by Crippen LogP contribution is -2.42. The van der Waals surface area contributed by atoms with Crippen LogP contribution in [0.1, 0.15) is 31.4 Å². The van der Waals surface area contributed by atoms with Crippen LogP contribution in [0.4, 0.5) is 5.69 Å². The van der Waals surface area contributed by atoms with Crippen LogP contribution >= 0.6 is 0 Å². The van der Waals surface area contributed by atoms with Gasteiger partial charge in [0.1, 0.15) is 20.1 Å². The molecular formula is C26H44BN3O6. The zero-order chi connectivity index (χ0) is 28.5. The molecule has 2 rings (SSSR count). The van der Waals surface area contributed by atoms with E-state index in [1.165, 1.54) is 0 Å². The summed E-state index contributed by atoms with van der Waals surface area (Å²) in [5.74, 6) is 0.866. The molecule has 0 fully saturated rings. The predicted octanol–water partition coefficient (Wildman–Crippen LogP) is 1.85. The molecule has 0 aliphatic rings. The van der Waals surface area contributed by atoms with Gasteiger partial charge in [0, 0.05) is 31.4 Å². The van der Waals surface area contributed by atoms with E-state index in [2.05, 4.69) is 18.5 Å². The summed E-state index contributed by atoms with van der Waals surface area (Å²) < 4.78 is 10.7. The van der Waals surface area contributed by atoms with Crippen molar-refractivity contribution in [3.63, 3.8) is 0 Å². The van der Waals surface area contributed by atoms with Crippen LogP contribution in [0.15, 0.2) is 37.4 Å². The third-order valence-corrected chi connectivity index (χ3v) is 5.18. The number of rotatable bonds is 8. The van der Waals surface area contributed by atoms with Gasteiger partial charge in [-0.15, -0.1) is 13.2 Å². The smallest absolute Gasteiger partial charge is 0.161 e. The van der Waals surface area contributed by atoms with E-state index in [1.54, 1.807) is 41.0 Å². The normalized spacial score (nSPS) is 12.2. The Bertz CT molecular complexity index is 863. The van der Waals surface area contributed by atoms with Gasteiger partial charge in [0.25, 0.3) is 0 Å². The van der Waals surface area contributed by atoms with Crippen LogP contribution < -0.4 is 31.7 Å².